The first-order valence-electron chi connectivity index (χ1n) is 13.1. The van der Waals surface area contributed by atoms with Crippen LogP contribution in [0.25, 0.3) is 0 Å². The van der Waals surface area contributed by atoms with Gasteiger partial charge < -0.3 is 15.1 Å². The third-order valence-corrected chi connectivity index (χ3v) is 9.93. The molecule has 0 radical (unpaired) electrons. The first-order valence-corrected chi connectivity index (χ1v) is 14.7. The number of nitrogens with zero attached hydrogens (tertiary/aromatic N) is 3. The minimum atomic E-state index is -4.90. The van der Waals surface area contributed by atoms with Crippen LogP contribution in [0, 0.1) is 17.1 Å². The van der Waals surface area contributed by atoms with Crippen molar-refractivity contribution in [2.24, 2.45) is 0 Å². The molecule has 1 aliphatic carbocycles. The lowest BCUT2D eigenvalue weighted by Crippen LogP contribution is -2.51. The molecular weight excluding hydrogens is 560 g/mol. The molecule has 3 unspecified atom stereocenters. The van der Waals surface area contributed by atoms with E-state index in [-0.39, 0.29) is 19.0 Å². The summed E-state index contributed by atoms with van der Waals surface area (Å²) in [7, 11) is -4.56. The molecule has 2 aliphatic heterocycles. The van der Waals surface area contributed by atoms with Crippen LogP contribution in [0.3, 0.4) is 0 Å². The maximum atomic E-state index is 13.8. The number of alkyl halides is 3. The van der Waals surface area contributed by atoms with E-state index in [1.807, 2.05) is 24.8 Å². The fraction of sp³-hybridized carbons (Fsp3) is 0.379. The maximum absolute atomic E-state index is 13.8. The third-order valence-electron chi connectivity index (χ3n) is 7.74. The van der Waals surface area contributed by atoms with Crippen LogP contribution < -0.4 is 10.2 Å². The van der Waals surface area contributed by atoms with E-state index in [0.717, 1.165) is 23.8 Å². The topological polar surface area (TPSA) is 93.5 Å². The lowest BCUT2D eigenvalue weighted by molar-refractivity contribution is -0.139. The Kier molecular flexibility index (Phi) is 7.14. The summed E-state index contributed by atoms with van der Waals surface area (Å²) < 4.78 is 82.7. The largest absolute Gasteiger partial charge is 0.417 e. The molecule has 3 aliphatic rings. The molecule has 1 saturated carbocycles. The van der Waals surface area contributed by atoms with Gasteiger partial charge in [0.2, 0.25) is 5.91 Å². The second-order valence-electron chi connectivity index (χ2n) is 10.7. The Hall–Kier alpha value is -3.85. The molecule has 41 heavy (non-hydrogen) atoms. The molecule has 0 aromatic heterocycles. The number of carbonyl (C=O) groups excluding carboxylic acids is 1. The van der Waals surface area contributed by atoms with Crippen LogP contribution in [0.1, 0.15) is 38.7 Å². The van der Waals surface area contributed by atoms with Crippen LogP contribution in [0.4, 0.5) is 23.2 Å². The van der Waals surface area contributed by atoms with Crippen molar-refractivity contribution >= 4 is 21.4 Å². The Morgan fingerprint density at radius 3 is 2.39 bits per heavy atom. The summed E-state index contributed by atoms with van der Waals surface area (Å²) in [4.78, 5) is 16.2. The SMILES string of the molecule is CC1=CC(C)N(c2ccc(F)cc2)C(N2CC(S(=O)(=O)c3ccccc3C(F)(F)F)CC2C(=O)NC2(C#N)CC2)=C1. The van der Waals surface area contributed by atoms with Crippen LogP contribution in [0.5, 0.6) is 0 Å². The zero-order valence-corrected chi connectivity index (χ0v) is 23.1. The molecule has 216 valence electrons. The van der Waals surface area contributed by atoms with E-state index >= 15 is 0 Å². The number of nitrogens with one attached hydrogen (secondary N) is 1. The van der Waals surface area contributed by atoms with E-state index in [1.54, 1.807) is 23.1 Å². The number of nitriles is 1. The molecule has 7 nitrogen and oxygen atoms in total. The quantitative estimate of drug-likeness (QED) is 0.481. The van der Waals surface area contributed by atoms with E-state index in [0.29, 0.717) is 24.4 Å². The number of hydrogen-bond donors (Lipinski definition) is 1. The van der Waals surface area contributed by atoms with Gasteiger partial charge in [-0.05, 0) is 81.2 Å². The van der Waals surface area contributed by atoms with Gasteiger partial charge in [-0.25, -0.2) is 12.8 Å². The average molecular weight is 589 g/mol. The van der Waals surface area contributed by atoms with Gasteiger partial charge in [0.1, 0.15) is 23.2 Å². The van der Waals surface area contributed by atoms with E-state index in [2.05, 4.69) is 11.4 Å². The molecule has 2 heterocycles. The summed E-state index contributed by atoms with van der Waals surface area (Å²) in [5, 5.41) is 10.9. The Morgan fingerprint density at radius 1 is 1.12 bits per heavy atom. The van der Waals surface area contributed by atoms with E-state index in [1.165, 1.54) is 18.2 Å². The van der Waals surface area contributed by atoms with Crippen molar-refractivity contribution < 1.29 is 30.8 Å². The number of anilines is 1. The summed E-state index contributed by atoms with van der Waals surface area (Å²) in [6, 6.07) is 10.4. The number of sulfone groups is 1. The molecule has 0 spiro atoms. The number of likely N-dealkylation sites (tertiary alicyclic amines) is 1. The van der Waals surface area contributed by atoms with Crippen molar-refractivity contribution in [1.29, 1.82) is 5.26 Å². The molecule has 1 amide bonds. The van der Waals surface area contributed by atoms with Crippen LogP contribution in [0.15, 0.2) is 77.0 Å². The molecule has 2 aromatic carbocycles. The highest BCUT2D eigenvalue weighted by Crippen LogP contribution is 2.41. The lowest BCUT2D eigenvalue weighted by Gasteiger charge is -2.41. The van der Waals surface area contributed by atoms with Crippen molar-refractivity contribution in [3.05, 3.63) is 83.5 Å². The predicted octanol–water partition coefficient (Wildman–Crippen LogP) is 4.93. The zero-order valence-electron chi connectivity index (χ0n) is 22.3. The molecule has 12 heteroatoms. The molecule has 5 rings (SSSR count). The zero-order chi connectivity index (χ0) is 29.7. The van der Waals surface area contributed by atoms with Gasteiger partial charge in [-0.2, -0.15) is 18.4 Å². The molecule has 3 atom stereocenters. The van der Waals surface area contributed by atoms with Gasteiger partial charge in [-0.15, -0.1) is 0 Å². The summed E-state index contributed by atoms with van der Waals surface area (Å²) in [6.45, 7) is 3.45. The van der Waals surface area contributed by atoms with Gasteiger partial charge >= 0.3 is 6.18 Å². The number of amides is 1. The van der Waals surface area contributed by atoms with Crippen LogP contribution in [-0.4, -0.2) is 48.6 Å². The number of rotatable bonds is 6. The third kappa shape index (κ3) is 5.43. The normalized spacial score (nSPS) is 23.9. The fourth-order valence-electron chi connectivity index (χ4n) is 5.54. The lowest BCUT2D eigenvalue weighted by atomic mass is 10.1. The maximum Gasteiger partial charge on any atom is 0.417 e. The second kappa shape index (κ2) is 10.2. The van der Waals surface area contributed by atoms with E-state index in [9.17, 15) is 36.0 Å². The van der Waals surface area contributed by atoms with Crippen molar-refractivity contribution in [2.75, 3.05) is 11.4 Å². The highest BCUT2D eigenvalue weighted by atomic mass is 32.2. The number of halogens is 4. The molecule has 1 saturated heterocycles. The predicted molar refractivity (Wildman–Crippen MR) is 143 cm³/mol. The summed E-state index contributed by atoms with van der Waals surface area (Å²) in [6.07, 6.45) is -0.571. The number of carbonyl (C=O) groups is 1. The average Bonchev–Trinajstić information content (AvgIpc) is 3.53. The Morgan fingerprint density at radius 2 is 1.78 bits per heavy atom. The van der Waals surface area contributed by atoms with Crippen molar-refractivity contribution in [3.63, 3.8) is 0 Å². The highest BCUT2D eigenvalue weighted by molar-refractivity contribution is 7.92. The Bertz CT molecular complexity index is 1570. The monoisotopic (exact) mass is 588 g/mol. The first-order chi connectivity index (χ1) is 19.3. The minimum Gasteiger partial charge on any atom is -0.345 e. The number of allylic oxidation sites excluding steroid dienone is 2. The van der Waals surface area contributed by atoms with Crippen LogP contribution >= 0.6 is 0 Å². The van der Waals surface area contributed by atoms with Crippen molar-refractivity contribution in [3.8, 4) is 6.07 Å². The molecular formula is C29H28F4N4O3S. The van der Waals surface area contributed by atoms with Gasteiger partial charge in [0.25, 0.3) is 0 Å². The Balaban J connectivity index is 1.58. The molecule has 2 aromatic rings. The highest BCUT2D eigenvalue weighted by Gasteiger charge is 2.51. The Labute approximate surface area is 235 Å². The van der Waals surface area contributed by atoms with Gasteiger partial charge in [-0.3, -0.25) is 4.79 Å². The minimum absolute atomic E-state index is 0.268. The van der Waals surface area contributed by atoms with E-state index < -0.39 is 55.0 Å². The standard InChI is InChI=1S/C29H28F4N4O3S/c1-18-13-19(2)37(21-9-7-20(30)8-10-21)26(14-18)36-16-22(15-24(36)27(38)35-28(17-34)11-12-28)41(39,40)25-6-4-3-5-23(25)29(31,32)33/h3-10,13-14,19,22,24H,11-12,15-16H2,1-2H3,(H,35,38). The smallest absolute Gasteiger partial charge is 0.345 e. The van der Waals surface area contributed by atoms with Crippen molar-refractivity contribution in [1.82, 2.24) is 10.2 Å². The molecule has 2 fully saturated rings. The second-order valence-corrected chi connectivity index (χ2v) is 12.9. The summed E-state index contributed by atoms with van der Waals surface area (Å²) >= 11 is 0. The van der Waals surface area contributed by atoms with Gasteiger partial charge in [0, 0.05) is 12.2 Å². The van der Waals surface area contributed by atoms with Gasteiger partial charge in [-0.1, -0.05) is 18.2 Å². The van der Waals surface area contributed by atoms with Gasteiger partial charge in [0.15, 0.2) is 9.84 Å². The summed E-state index contributed by atoms with van der Waals surface area (Å²) in [5.41, 5.74) is -0.895. The number of benzene rings is 2. The van der Waals surface area contributed by atoms with Crippen molar-refractivity contribution in [2.45, 2.75) is 67.1 Å². The van der Waals surface area contributed by atoms with Crippen LogP contribution in [0.2, 0.25) is 0 Å². The van der Waals surface area contributed by atoms with Crippen LogP contribution in [-0.2, 0) is 20.8 Å². The summed E-state index contributed by atoms with van der Waals surface area (Å²) in [5.74, 6) is -0.576. The number of hydrogen-bond acceptors (Lipinski definition) is 6. The molecule has 1 N–H and O–H groups in total. The van der Waals surface area contributed by atoms with E-state index in [4.69, 9.17) is 0 Å². The first kappa shape index (κ1) is 28.7. The molecule has 0 bridgehead atoms. The fourth-order valence-corrected chi connectivity index (χ4v) is 7.45. The van der Waals surface area contributed by atoms with Gasteiger partial charge in [0.05, 0.1) is 27.8 Å².